The van der Waals surface area contributed by atoms with Crippen molar-refractivity contribution in [3.63, 3.8) is 0 Å². The van der Waals surface area contributed by atoms with Crippen molar-refractivity contribution in [2.24, 2.45) is 0 Å². The third-order valence-electron chi connectivity index (χ3n) is 2.03. The quantitative estimate of drug-likeness (QED) is 0.805. The molecule has 0 spiro atoms. The molecule has 0 aliphatic rings. The molecule has 0 saturated heterocycles. The van der Waals surface area contributed by atoms with Crippen LogP contribution in [-0.4, -0.2) is 20.9 Å². The largest absolute Gasteiger partial charge is 0.397 e. The van der Waals surface area contributed by atoms with Gasteiger partial charge in [0.05, 0.1) is 36.4 Å². The second-order valence-corrected chi connectivity index (χ2v) is 3.43. The maximum absolute atomic E-state index is 11.6. The number of hydrogen-bond acceptors (Lipinski definition) is 5. The molecule has 0 aliphatic carbocycles. The van der Waals surface area contributed by atoms with Gasteiger partial charge in [-0.1, -0.05) is 0 Å². The van der Waals surface area contributed by atoms with E-state index in [-0.39, 0.29) is 12.3 Å². The molecule has 0 unspecified atom stereocenters. The van der Waals surface area contributed by atoms with Crippen LogP contribution in [0.5, 0.6) is 0 Å². The van der Waals surface area contributed by atoms with E-state index in [4.69, 9.17) is 5.73 Å². The fourth-order valence-corrected chi connectivity index (χ4v) is 1.27. The fraction of sp³-hybridized carbons (Fsp3) is 0.0909. The predicted molar refractivity (Wildman–Crippen MR) is 63.0 cm³/mol. The summed E-state index contributed by atoms with van der Waals surface area (Å²) in [5, 5.41) is 2.67. The highest BCUT2D eigenvalue weighted by Gasteiger charge is 2.05. The second-order valence-electron chi connectivity index (χ2n) is 3.43. The molecule has 0 saturated carbocycles. The summed E-state index contributed by atoms with van der Waals surface area (Å²) in [4.78, 5) is 23.3. The third kappa shape index (κ3) is 3.23. The predicted octanol–water partition coefficient (Wildman–Crippen LogP) is 0.635. The molecule has 0 bridgehead atoms. The third-order valence-corrected chi connectivity index (χ3v) is 2.03. The summed E-state index contributed by atoms with van der Waals surface area (Å²) < 4.78 is 0. The number of rotatable bonds is 3. The van der Waals surface area contributed by atoms with Gasteiger partial charge in [-0.05, 0) is 12.1 Å². The van der Waals surface area contributed by atoms with E-state index in [0.717, 1.165) is 0 Å². The standard InChI is InChI=1S/C11H11N5O/c12-8-1-2-9(15-4-8)3-11(17)16-10-5-13-7-14-6-10/h1-2,4-7H,3,12H2,(H,16,17). The number of nitrogens with one attached hydrogen (secondary N) is 1. The number of carbonyl (C=O) groups is 1. The van der Waals surface area contributed by atoms with E-state index in [1.165, 1.54) is 24.9 Å². The van der Waals surface area contributed by atoms with Crippen LogP contribution in [0.15, 0.2) is 37.1 Å². The smallest absolute Gasteiger partial charge is 0.230 e. The number of nitrogen functional groups attached to an aromatic ring is 1. The van der Waals surface area contributed by atoms with Gasteiger partial charge in [-0.3, -0.25) is 9.78 Å². The van der Waals surface area contributed by atoms with Crippen LogP contribution in [0.3, 0.4) is 0 Å². The van der Waals surface area contributed by atoms with Crippen LogP contribution in [-0.2, 0) is 11.2 Å². The van der Waals surface area contributed by atoms with E-state index in [9.17, 15) is 4.79 Å². The number of hydrogen-bond donors (Lipinski definition) is 2. The highest BCUT2D eigenvalue weighted by Crippen LogP contribution is 2.04. The number of anilines is 2. The first-order valence-corrected chi connectivity index (χ1v) is 4.99. The maximum Gasteiger partial charge on any atom is 0.230 e. The Morgan fingerprint density at radius 2 is 2.00 bits per heavy atom. The Labute approximate surface area is 97.9 Å². The molecule has 1 amide bonds. The van der Waals surface area contributed by atoms with Crippen molar-refractivity contribution in [1.82, 2.24) is 15.0 Å². The summed E-state index contributed by atoms with van der Waals surface area (Å²) in [6, 6.07) is 3.43. The summed E-state index contributed by atoms with van der Waals surface area (Å²) in [6.45, 7) is 0. The van der Waals surface area contributed by atoms with Crippen molar-refractivity contribution >= 4 is 17.3 Å². The van der Waals surface area contributed by atoms with Crippen molar-refractivity contribution in [3.05, 3.63) is 42.7 Å². The summed E-state index contributed by atoms with van der Waals surface area (Å²) in [5.74, 6) is -0.169. The Hall–Kier alpha value is -2.50. The van der Waals surface area contributed by atoms with Crippen LogP contribution in [0.4, 0.5) is 11.4 Å². The topological polar surface area (TPSA) is 93.8 Å². The van der Waals surface area contributed by atoms with Crippen LogP contribution in [0, 0.1) is 0 Å². The van der Waals surface area contributed by atoms with Gasteiger partial charge >= 0.3 is 0 Å². The lowest BCUT2D eigenvalue weighted by Crippen LogP contribution is -2.15. The number of aromatic nitrogens is 3. The molecular formula is C11H11N5O. The summed E-state index contributed by atoms with van der Waals surface area (Å²) in [7, 11) is 0. The normalized spacial score (nSPS) is 9.88. The van der Waals surface area contributed by atoms with Crippen LogP contribution < -0.4 is 11.1 Å². The lowest BCUT2D eigenvalue weighted by atomic mass is 10.2. The fourth-order valence-electron chi connectivity index (χ4n) is 1.27. The minimum absolute atomic E-state index is 0.169. The molecule has 0 atom stereocenters. The molecule has 0 aromatic carbocycles. The minimum atomic E-state index is -0.169. The van der Waals surface area contributed by atoms with Gasteiger partial charge in [0.15, 0.2) is 0 Å². The van der Waals surface area contributed by atoms with Gasteiger partial charge in [0.2, 0.25) is 5.91 Å². The first-order valence-electron chi connectivity index (χ1n) is 4.99. The van der Waals surface area contributed by atoms with Crippen LogP contribution >= 0.6 is 0 Å². The van der Waals surface area contributed by atoms with Crippen molar-refractivity contribution < 1.29 is 4.79 Å². The summed E-state index contributed by atoms with van der Waals surface area (Å²) in [5.41, 5.74) is 7.30. The zero-order valence-corrected chi connectivity index (χ0v) is 9.00. The number of nitrogens with zero attached hydrogens (tertiary/aromatic N) is 3. The van der Waals surface area contributed by atoms with E-state index in [2.05, 4.69) is 20.3 Å². The van der Waals surface area contributed by atoms with Gasteiger partial charge in [0, 0.05) is 5.69 Å². The van der Waals surface area contributed by atoms with E-state index < -0.39 is 0 Å². The Kier molecular flexibility index (Phi) is 3.25. The van der Waals surface area contributed by atoms with Crippen molar-refractivity contribution in [2.45, 2.75) is 6.42 Å². The first kappa shape index (κ1) is 11.0. The summed E-state index contributed by atoms with van der Waals surface area (Å²) in [6.07, 6.45) is 6.17. The number of nitrogens with two attached hydrogens (primary N) is 1. The Balaban J connectivity index is 1.96. The molecule has 2 aromatic heterocycles. The van der Waals surface area contributed by atoms with Crippen LogP contribution in [0.25, 0.3) is 0 Å². The summed E-state index contributed by atoms with van der Waals surface area (Å²) >= 11 is 0. The Morgan fingerprint density at radius 1 is 1.24 bits per heavy atom. The SMILES string of the molecule is Nc1ccc(CC(=O)Nc2cncnc2)nc1. The minimum Gasteiger partial charge on any atom is -0.397 e. The maximum atomic E-state index is 11.6. The zero-order valence-electron chi connectivity index (χ0n) is 9.00. The molecule has 2 heterocycles. The lowest BCUT2D eigenvalue weighted by molar-refractivity contribution is -0.115. The number of pyridine rings is 1. The van der Waals surface area contributed by atoms with Gasteiger partial charge in [0.1, 0.15) is 6.33 Å². The number of amides is 1. The molecule has 0 aliphatic heterocycles. The molecule has 86 valence electrons. The zero-order chi connectivity index (χ0) is 12.1. The van der Waals surface area contributed by atoms with Crippen molar-refractivity contribution in [2.75, 3.05) is 11.1 Å². The van der Waals surface area contributed by atoms with Gasteiger partial charge in [-0.25, -0.2) is 9.97 Å². The average Bonchev–Trinajstić information content (AvgIpc) is 2.33. The lowest BCUT2D eigenvalue weighted by Gasteiger charge is -2.03. The molecule has 3 N–H and O–H groups in total. The molecule has 6 nitrogen and oxygen atoms in total. The van der Waals surface area contributed by atoms with Gasteiger partial charge in [-0.15, -0.1) is 0 Å². The van der Waals surface area contributed by atoms with Gasteiger partial charge in [0.25, 0.3) is 0 Å². The molecule has 0 radical (unpaired) electrons. The molecule has 2 aromatic rings. The second kappa shape index (κ2) is 5.02. The van der Waals surface area contributed by atoms with Crippen LogP contribution in [0.2, 0.25) is 0 Å². The van der Waals surface area contributed by atoms with Gasteiger partial charge < -0.3 is 11.1 Å². The van der Waals surface area contributed by atoms with E-state index in [1.807, 2.05) is 0 Å². The van der Waals surface area contributed by atoms with E-state index >= 15 is 0 Å². The van der Waals surface area contributed by atoms with Crippen LogP contribution in [0.1, 0.15) is 5.69 Å². The Morgan fingerprint density at radius 3 is 2.65 bits per heavy atom. The molecular weight excluding hydrogens is 218 g/mol. The molecule has 2 rings (SSSR count). The molecule has 17 heavy (non-hydrogen) atoms. The highest BCUT2D eigenvalue weighted by atomic mass is 16.1. The number of carbonyl (C=O) groups excluding carboxylic acids is 1. The monoisotopic (exact) mass is 229 g/mol. The average molecular weight is 229 g/mol. The highest BCUT2D eigenvalue weighted by molar-refractivity contribution is 5.91. The van der Waals surface area contributed by atoms with Gasteiger partial charge in [-0.2, -0.15) is 0 Å². The Bertz CT molecular complexity index is 497. The van der Waals surface area contributed by atoms with E-state index in [0.29, 0.717) is 17.1 Å². The van der Waals surface area contributed by atoms with Crippen molar-refractivity contribution in [1.29, 1.82) is 0 Å². The van der Waals surface area contributed by atoms with Crippen molar-refractivity contribution in [3.8, 4) is 0 Å². The first-order chi connectivity index (χ1) is 8.24. The molecule has 0 fully saturated rings. The molecule has 6 heteroatoms. The van der Waals surface area contributed by atoms with E-state index in [1.54, 1.807) is 12.1 Å².